The van der Waals surface area contributed by atoms with Gasteiger partial charge in [0.25, 0.3) is 0 Å². The molecule has 0 heterocycles. The summed E-state index contributed by atoms with van der Waals surface area (Å²) >= 11 is 0. The normalized spacial score (nSPS) is 13.9. The molecule has 0 saturated heterocycles. The molecule has 0 aliphatic heterocycles. The first-order valence-corrected chi connectivity index (χ1v) is 5.78. The second-order valence-electron chi connectivity index (χ2n) is 5.04. The number of hydrogen-bond donors (Lipinski definition) is 1. The molecule has 0 radical (unpaired) electrons. The summed E-state index contributed by atoms with van der Waals surface area (Å²) in [6.07, 6.45) is 2.85. The van der Waals surface area contributed by atoms with Crippen molar-refractivity contribution < 1.29 is 5.11 Å². The van der Waals surface area contributed by atoms with Crippen molar-refractivity contribution in [3.63, 3.8) is 0 Å². The molecule has 0 aliphatic carbocycles. The summed E-state index contributed by atoms with van der Waals surface area (Å²) in [5.41, 5.74) is 1.26. The van der Waals surface area contributed by atoms with Gasteiger partial charge in [0.15, 0.2) is 0 Å². The van der Waals surface area contributed by atoms with Crippen LogP contribution in [0.1, 0.15) is 51.7 Å². The van der Waals surface area contributed by atoms with Crippen molar-refractivity contribution in [1.82, 2.24) is 0 Å². The van der Waals surface area contributed by atoms with E-state index in [0.29, 0.717) is 0 Å². The van der Waals surface area contributed by atoms with Crippen molar-refractivity contribution in [3.8, 4) is 0 Å². The van der Waals surface area contributed by atoms with Gasteiger partial charge in [-0.15, -0.1) is 0 Å². The van der Waals surface area contributed by atoms with Crippen molar-refractivity contribution in [2.24, 2.45) is 5.41 Å². The van der Waals surface area contributed by atoms with Gasteiger partial charge in [0.05, 0.1) is 6.10 Å². The van der Waals surface area contributed by atoms with E-state index in [9.17, 15) is 5.11 Å². The zero-order valence-corrected chi connectivity index (χ0v) is 10.0. The van der Waals surface area contributed by atoms with Crippen molar-refractivity contribution in [2.45, 2.75) is 46.1 Å². The summed E-state index contributed by atoms with van der Waals surface area (Å²) in [5.74, 6) is 0. The van der Waals surface area contributed by atoms with E-state index in [2.05, 4.69) is 20.8 Å². The summed E-state index contributed by atoms with van der Waals surface area (Å²) < 4.78 is 0. The number of hydrogen-bond acceptors (Lipinski definition) is 1. The van der Waals surface area contributed by atoms with Crippen LogP contribution in [0.3, 0.4) is 0 Å². The highest BCUT2D eigenvalue weighted by molar-refractivity contribution is 5.17. The summed E-state index contributed by atoms with van der Waals surface area (Å²) in [6, 6.07) is 9.92. The first-order valence-electron chi connectivity index (χ1n) is 5.78. The molecule has 0 aliphatic rings. The standard InChI is InChI=1S/C14H22O/c1-4-10-14(2,3)11-13(15)12-8-6-5-7-9-12/h5-9,13,15H,4,10-11H2,1-3H3. The van der Waals surface area contributed by atoms with Crippen LogP contribution in [0.4, 0.5) is 0 Å². The number of aliphatic hydroxyl groups is 1. The van der Waals surface area contributed by atoms with E-state index < -0.39 is 0 Å². The van der Waals surface area contributed by atoms with Gasteiger partial charge in [0.2, 0.25) is 0 Å². The second-order valence-corrected chi connectivity index (χ2v) is 5.04. The summed E-state index contributed by atoms with van der Waals surface area (Å²) in [6.45, 7) is 6.64. The van der Waals surface area contributed by atoms with Crippen molar-refractivity contribution in [2.75, 3.05) is 0 Å². The third kappa shape index (κ3) is 4.05. The zero-order valence-electron chi connectivity index (χ0n) is 10.0. The highest BCUT2D eigenvalue weighted by Crippen LogP contribution is 2.33. The average molecular weight is 206 g/mol. The van der Waals surface area contributed by atoms with Crippen LogP contribution in [0.15, 0.2) is 30.3 Å². The van der Waals surface area contributed by atoms with Gasteiger partial charge in [0.1, 0.15) is 0 Å². The van der Waals surface area contributed by atoms with E-state index in [0.717, 1.165) is 18.4 Å². The minimum absolute atomic E-state index is 0.226. The Hall–Kier alpha value is -0.820. The third-order valence-electron chi connectivity index (χ3n) is 2.86. The van der Waals surface area contributed by atoms with Gasteiger partial charge in [-0.2, -0.15) is 0 Å². The molecule has 1 nitrogen and oxygen atoms in total. The first-order chi connectivity index (χ1) is 7.05. The van der Waals surface area contributed by atoms with E-state index in [1.807, 2.05) is 30.3 Å². The van der Waals surface area contributed by atoms with Gasteiger partial charge >= 0.3 is 0 Å². The molecule has 0 fully saturated rings. The highest BCUT2D eigenvalue weighted by atomic mass is 16.3. The molecule has 1 N–H and O–H groups in total. The van der Waals surface area contributed by atoms with Crippen LogP contribution in [-0.4, -0.2) is 5.11 Å². The van der Waals surface area contributed by atoms with Crippen molar-refractivity contribution in [1.29, 1.82) is 0 Å². The Kier molecular flexibility index (Phi) is 4.34. The van der Waals surface area contributed by atoms with Crippen LogP contribution >= 0.6 is 0 Å². The molecule has 1 atom stereocenters. The molecule has 0 bridgehead atoms. The van der Waals surface area contributed by atoms with Crippen LogP contribution in [0.2, 0.25) is 0 Å². The molecule has 0 saturated carbocycles. The lowest BCUT2D eigenvalue weighted by Gasteiger charge is -2.27. The SMILES string of the molecule is CCCC(C)(C)CC(O)c1ccccc1. The predicted molar refractivity (Wildman–Crippen MR) is 64.7 cm³/mol. The minimum atomic E-state index is -0.326. The topological polar surface area (TPSA) is 20.2 Å². The van der Waals surface area contributed by atoms with Crippen LogP contribution in [0.5, 0.6) is 0 Å². The van der Waals surface area contributed by atoms with E-state index >= 15 is 0 Å². The van der Waals surface area contributed by atoms with Gasteiger partial charge in [0, 0.05) is 0 Å². The van der Waals surface area contributed by atoms with Crippen molar-refractivity contribution >= 4 is 0 Å². The Bertz CT molecular complexity index is 277. The first kappa shape index (κ1) is 12.3. The maximum Gasteiger partial charge on any atom is 0.0795 e. The molecule has 15 heavy (non-hydrogen) atoms. The Morgan fingerprint density at radius 3 is 2.33 bits per heavy atom. The molecule has 0 spiro atoms. The fraction of sp³-hybridized carbons (Fsp3) is 0.571. The van der Waals surface area contributed by atoms with Crippen LogP contribution in [0, 0.1) is 5.41 Å². The lowest BCUT2D eigenvalue weighted by Crippen LogP contribution is -2.15. The number of aliphatic hydroxyl groups excluding tert-OH is 1. The molecule has 1 rings (SSSR count). The second kappa shape index (κ2) is 5.32. The summed E-state index contributed by atoms with van der Waals surface area (Å²) in [5, 5.41) is 10.1. The number of rotatable bonds is 5. The largest absolute Gasteiger partial charge is 0.388 e. The molecule has 1 aromatic rings. The molecule has 0 amide bonds. The monoisotopic (exact) mass is 206 g/mol. The molecular formula is C14H22O. The molecule has 1 heteroatoms. The fourth-order valence-corrected chi connectivity index (χ4v) is 2.10. The maximum atomic E-state index is 10.1. The van der Waals surface area contributed by atoms with Gasteiger partial charge in [-0.05, 0) is 23.8 Å². The molecule has 1 aromatic carbocycles. The lowest BCUT2D eigenvalue weighted by atomic mass is 9.81. The average Bonchev–Trinajstić information content (AvgIpc) is 2.18. The third-order valence-corrected chi connectivity index (χ3v) is 2.86. The quantitative estimate of drug-likeness (QED) is 0.773. The molecule has 84 valence electrons. The van der Waals surface area contributed by atoms with E-state index in [-0.39, 0.29) is 11.5 Å². The summed E-state index contributed by atoms with van der Waals surface area (Å²) in [7, 11) is 0. The molecular weight excluding hydrogens is 184 g/mol. The highest BCUT2D eigenvalue weighted by Gasteiger charge is 2.21. The smallest absolute Gasteiger partial charge is 0.0795 e. The van der Waals surface area contributed by atoms with Crippen LogP contribution in [0.25, 0.3) is 0 Å². The lowest BCUT2D eigenvalue weighted by molar-refractivity contribution is 0.109. The van der Waals surface area contributed by atoms with Gasteiger partial charge in [-0.3, -0.25) is 0 Å². The van der Waals surface area contributed by atoms with Crippen molar-refractivity contribution in [3.05, 3.63) is 35.9 Å². The van der Waals surface area contributed by atoms with Gasteiger partial charge in [-0.25, -0.2) is 0 Å². The Balaban J connectivity index is 2.59. The zero-order chi connectivity index (χ0) is 11.3. The van der Waals surface area contributed by atoms with Crippen LogP contribution in [-0.2, 0) is 0 Å². The summed E-state index contributed by atoms with van der Waals surface area (Å²) in [4.78, 5) is 0. The molecule has 0 aromatic heterocycles. The maximum absolute atomic E-state index is 10.1. The van der Waals surface area contributed by atoms with Crippen LogP contribution < -0.4 is 0 Å². The molecule has 1 unspecified atom stereocenters. The van der Waals surface area contributed by atoms with Gasteiger partial charge < -0.3 is 5.11 Å². The predicted octanol–water partition coefficient (Wildman–Crippen LogP) is 3.94. The Morgan fingerprint density at radius 1 is 1.20 bits per heavy atom. The van der Waals surface area contributed by atoms with E-state index in [1.165, 1.54) is 6.42 Å². The van der Waals surface area contributed by atoms with Gasteiger partial charge in [-0.1, -0.05) is 57.5 Å². The van der Waals surface area contributed by atoms with E-state index in [4.69, 9.17) is 0 Å². The Labute approximate surface area is 93.1 Å². The Morgan fingerprint density at radius 2 is 1.80 bits per heavy atom. The van der Waals surface area contributed by atoms with E-state index in [1.54, 1.807) is 0 Å². The number of benzene rings is 1. The fourth-order valence-electron chi connectivity index (χ4n) is 2.10. The minimum Gasteiger partial charge on any atom is -0.388 e.